The quantitative estimate of drug-likeness (QED) is 0.322. The van der Waals surface area contributed by atoms with E-state index in [1.165, 1.54) is 48.5 Å². The normalized spacial score (nSPS) is 16.9. The van der Waals surface area contributed by atoms with Crippen molar-refractivity contribution in [1.82, 2.24) is 15.0 Å². The van der Waals surface area contributed by atoms with Crippen LogP contribution in [0.2, 0.25) is 5.28 Å². The average Bonchev–Trinajstić information content (AvgIpc) is 3.74. The van der Waals surface area contributed by atoms with Gasteiger partial charge in [0.1, 0.15) is 13.2 Å². The van der Waals surface area contributed by atoms with Crippen molar-refractivity contribution in [3.63, 3.8) is 0 Å². The molecule has 2 aliphatic heterocycles. The zero-order chi connectivity index (χ0) is 26.5. The van der Waals surface area contributed by atoms with E-state index in [4.69, 9.17) is 21.1 Å². The van der Waals surface area contributed by atoms with Gasteiger partial charge < -0.3 is 9.47 Å². The fraction of sp³-hybridized carbons (Fsp3) is 0.286. The van der Waals surface area contributed by atoms with Crippen LogP contribution in [0.5, 0.6) is 12.0 Å². The molecule has 0 radical (unpaired) electrons. The zero-order valence-electron chi connectivity index (χ0n) is 18.1. The number of hydrogen-bond acceptors (Lipinski definition) is 9. The largest absolute Gasteiger partial charge is 0.458 e. The van der Waals surface area contributed by atoms with E-state index in [1.807, 2.05) is 0 Å². The molecule has 0 atom stereocenters. The summed E-state index contributed by atoms with van der Waals surface area (Å²) in [7, 11) is 0. The maximum atomic E-state index is 13.1. The van der Waals surface area contributed by atoms with Crippen molar-refractivity contribution >= 4 is 11.6 Å². The minimum atomic E-state index is -4.63. The molecule has 37 heavy (non-hydrogen) atoms. The molecule has 0 N–H and O–H groups in total. The molecule has 0 saturated carbocycles. The van der Waals surface area contributed by atoms with E-state index in [1.54, 1.807) is 0 Å². The first-order valence-electron chi connectivity index (χ1n) is 10.3. The fourth-order valence-electron chi connectivity index (χ4n) is 3.29. The van der Waals surface area contributed by atoms with Crippen LogP contribution >= 0.6 is 11.6 Å². The van der Waals surface area contributed by atoms with Crippen molar-refractivity contribution in [3.8, 4) is 12.0 Å². The lowest BCUT2D eigenvalue weighted by Crippen LogP contribution is -2.30. The SMILES string of the molecule is FC(F)(F)C1(c2ccc(COc3nc(Cl)nc(OCc4ccc(C5(C(F)(F)F)N=N5)cc4)n3)cc2)N=N1. The van der Waals surface area contributed by atoms with Crippen molar-refractivity contribution in [2.75, 3.05) is 0 Å². The molecule has 9 nitrogen and oxygen atoms in total. The van der Waals surface area contributed by atoms with Crippen LogP contribution in [0.3, 0.4) is 0 Å². The van der Waals surface area contributed by atoms with Gasteiger partial charge in [0.05, 0.1) is 0 Å². The number of benzene rings is 2. The molecule has 0 amide bonds. The topological polar surface area (TPSA) is 107 Å². The summed E-state index contributed by atoms with van der Waals surface area (Å²) >= 11 is 5.88. The van der Waals surface area contributed by atoms with E-state index in [0.29, 0.717) is 11.1 Å². The Balaban J connectivity index is 1.19. The molecule has 0 spiro atoms. The van der Waals surface area contributed by atoms with E-state index in [2.05, 4.69) is 35.4 Å². The number of aromatic nitrogens is 3. The Hall–Kier alpha value is -3.88. The molecule has 0 bridgehead atoms. The number of hydrogen-bond donors (Lipinski definition) is 0. The lowest BCUT2D eigenvalue weighted by molar-refractivity contribution is -0.166. The molecule has 0 fully saturated rings. The Kier molecular flexibility index (Phi) is 5.77. The fourth-order valence-corrected chi connectivity index (χ4v) is 3.44. The van der Waals surface area contributed by atoms with Gasteiger partial charge in [-0.3, -0.25) is 0 Å². The molecule has 1 aromatic heterocycles. The van der Waals surface area contributed by atoms with Gasteiger partial charge in [-0.2, -0.15) is 36.3 Å². The molecular weight excluding hydrogens is 532 g/mol. The summed E-state index contributed by atoms with van der Waals surface area (Å²) in [6.45, 7) is -0.211. The van der Waals surface area contributed by atoms with Crippen LogP contribution in [0.1, 0.15) is 22.3 Å². The predicted molar refractivity (Wildman–Crippen MR) is 112 cm³/mol. The molecule has 0 saturated heterocycles. The van der Waals surface area contributed by atoms with Gasteiger partial charge in [-0.15, -0.1) is 25.4 Å². The molecule has 3 aromatic rings. The van der Waals surface area contributed by atoms with Crippen molar-refractivity contribution in [3.05, 3.63) is 76.1 Å². The summed E-state index contributed by atoms with van der Waals surface area (Å²) in [6.07, 6.45) is -9.25. The Labute approximate surface area is 208 Å². The minimum absolute atomic E-state index is 0.105. The Bertz CT molecular complexity index is 1260. The molecule has 16 heteroatoms. The second kappa shape index (κ2) is 8.61. The summed E-state index contributed by atoms with van der Waals surface area (Å²) in [5.74, 6) is 0. The highest BCUT2D eigenvalue weighted by molar-refractivity contribution is 6.28. The Morgan fingerprint density at radius 1 is 0.595 bits per heavy atom. The van der Waals surface area contributed by atoms with Crippen molar-refractivity contribution in [2.24, 2.45) is 20.5 Å². The van der Waals surface area contributed by atoms with Gasteiger partial charge in [0.15, 0.2) is 0 Å². The van der Waals surface area contributed by atoms with Crippen LogP contribution in [0, 0.1) is 0 Å². The van der Waals surface area contributed by atoms with Crippen LogP contribution in [0.25, 0.3) is 0 Å². The van der Waals surface area contributed by atoms with Gasteiger partial charge in [-0.05, 0) is 22.7 Å². The van der Waals surface area contributed by atoms with Crippen LogP contribution in [0.4, 0.5) is 26.3 Å². The highest BCUT2D eigenvalue weighted by Crippen LogP contribution is 2.53. The van der Waals surface area contributed by atoms with Crippen molar-refractivity contribution in [2.45, 2.75) is 36.9 Å². The summed E-state index contributed by atoms with van der Waals surface area (Å²) in [4.78, 5) is 11.6. The monoisotopic (exact) mass is 543 g/mol. The van der Waals surface area contributed by atoms with Crippen LogP contribution in [0.15, 0.2) is 69.0 Å². The first-order valence-corrected chi connectivity index (χ1v) is 10.7. The first kappa shape index (κ1) is 24.8. The van der Waals surface area contributed by atoms with E-state index >= 15 is 0 Å². The van der Waals surface area contributed by atoms with Gasteiger partial charge in [-0.1, -0.05) is 48.5 Å². The van der Waals surface area contributed by atoms with E-state index < -0.39 is 23.7 Å². The summed E-state index contributed by atoms with van der Waals surface area (Å²) in [6, 6.07) is 10.2. The second-order valence-electron chi connectivity index (χ2n) is 7.88. The first-order chi connectivity index (χ1) is 17.4. The Morgan fingerprint density at radius 2 is 0.946 bits per heavy atom. The van der Waals surface area contributed by atoms with Gasteiger partial charge in [-0.25, -0.2) is 0 Å². The number of alkyl halides is 6. The predicted octanol–water partition coefficient (Wildman–Crippen LogP) is 6.04. The highest BCUT2D eigenvalue weighted by Gasteiger charge is 2.65. The summed E-state index contributed by atoms with van der Waals surface area (Å²) in [5, 5.41) is 12.3. The Morgan fingerprint density at radius 3 is 1.24 bits per heavy atom. The molecule has 3 heterocycles. The molecule has 0 unspecified atom stereocenters. The smallest absolute Gasteiger partial charge is 0.442 e. The third kappa shape index (κ3) is 4.77. The number of ether oxygens (including phenoxy) is 2. The summed E-state index contributed by atoms with van der Waals surface area (Å²) in [5.41, 5.74) is -4.25. The van der Waals surface area contributed by atoms with Gasteiger partial charge in [0, 0.05) is 11.1 Å². The third-order valence-corrected chi connectivity index (χ3v) is 5.58. The van der Waals surface area contributed by atoms with Gasteiger partial charge >= 0.3 is 35.7 Å². The van der Waals surface area contributed by atoms with Gasteiger partial charge in [0.25, 0.3) is 0 Å². The molecule has 2 aliphatic rings. The molecule has 2 aromatic carbocycles. The molecule has 5 rings (SSSR count). The lowest BCUT2D eigenvalue weighted by atomic mass is 10.0. The second-order valence-corrected chi connectivity index (χ2v) is 8.22. The van der Waals surface area contributed by atoms with Crippen molar-refractivity contribution in [1.29, 1.82) is 0 Å². The van der Waals surface area contributed by atoms with Crippen LogP contribution < -0.4 is 9.47 Å². The minimum Gasteiger partial charge on any atom is -0.458 e. The van der Waals surface area contributed by atoms with E-state index in [0.717, 1.165) is 0 Å². The number of nitrogens with zero attached hydrogens (tertiary/aromatic N) is 7. The lowest BCUT2D eigenvalue weighted by Gasteiger charge is -2.15. The maximum absolute atomic E-state index is 13.1. The number of halogens is 7. The van der Waals surface area contributed by atoms with Crippen molar-refractivity contribution < 1.29 is 35.8 Å². The molecular formula is C21H12ClF6N7O2. The standard InChI is InChI=1S/C21H12ClF6N7O2/c22-15-29-16(36-9-11-1-5-13(6-2-11)18(32-33-18)20(23,24)25)31-17(30-15)37-10-12-3-7-14(8-4-12)19(34-35-19)21(26,27)28/h1-8H,9-10H2. The highest BCUT2D eigenvalue weighted by atomic mass is 35.5. The van der Waals surface area contributed by atoms with Crippen LogP contribution in [-0.2, 0) is 24.5 Å². The zero-order valence-corrected chi connectivity index (χ0v) is 18.9. The molecule has 0 aliphatic carbocycles. The maximum Gasteiger partial charge on any atom is 0.442 e. The van der Waals surface area contributed by atoms with E-state index in [-0.39, 0.29) is 41.6 Å². The summed E-state index contributed by atoms with van der Waals surface area (Å²) < 4.78 is 89.5. The third-order valence-electron chi connectivity index (χ3n) is 5.41. The van der Waals surface area contributed by atoms with Crippen LogP contribution in [-0.4, -0.2) is 27.3 Å². The average molecular weight is 544 g/mol. The van der Waals surface area contributed by atoms with Gasteiger partial charge in [0.2, 0.25) is 5.28 Å². The van der Waals surface area contributed by atoms with E-state index in [9.17, 15) is 26.3 Å². The number of rotatable bonds is 8. The molecule has 192 valence electrons.